The molecule has 4 aromatic carbocycles. The van der Waals surface area contributed by atoms with Crippen molar-refractivity contribution in [2.45, 2.75) is 133 Å². The van der Waals surface area contributed by atoms with Gasteiger partial charge in [-0.3, -0.25) is 0 Å². The second kappa shape index (κ2) is 46.2. The number of H-pyrrole nitrogens is 2. The van der Waals surface area contributed by atoms with Gasteiger partial charge in [-0.25, -0.2) is 29.1 Å². The molecule has 32 heteroatoms. The zero-order chi connectivity index (χ0) is 82.8. The van der Waals surface area contributed by atoms with Crippen molar-refractivity contribution in [1.29, 1.82) is 0 Å². The standard InChI is InChI=1S/C84H118N12O16Si4/c1-13-101-113(102-14-2,103-15-3)57-25-53-85-81(97)89-65-37-29-61(30-38-65)77-69-45-47-71(93-69)78(62-31-39-66(40-32-62)90-82(98)86-54-26-58-114(104-16-4,105-17-5)106-18-6)73-49-51-75(95-73)80(64-35-43-68(44-36-64)92-84(100)88-56-28-60-116(110-22-10,111-23-11)112-24-12)76-52-50-74(96-76)79(72-48-46-70(77)94-72)63-33-41-67(42-34-63)91-83(99)87-55-27-59-115(107-19-7,108-20-8)109-21-9/h29-52,93,96H,13-28,53-60H2,1-12H3,(H2,85,89,97)(H2,86,90,98)(H2,87,91,99)(H2,88,92,100). The van der Waals surface area contributed by atoms with E-state index < -0.39 is 35.2 Å². The second-order valence-electron chi connectivity index (χ2n) is 26.7. The van der Waals surface area contributed by atoms with Crippen LogP contribution in [-0.2, 0) is 53.1 Å². The van der Waals surface area contributed by atoms with Crippen LogP contribution in [-0.4, -0.2) is 185 Å². The minimum atomic E-state index is -2.91. The highest BCUT2D eigenvalue weighted by molar-refractivity contribution is 6.62. The Balaban J connectivity index is 1.13. The van der Waals surface area contributed by atoms with Gasteiger partial charge in [-0.2, -0.15) is 0 Å². The van der Waals surface area contributed by atoms with Crippen LogP contribution in [0.4, 0.5) is 41.9 Å². The van der Waals surface area contributed by atoms with Crippen LogP contribution >= 0.6 is 0 Å². The number of nitrogens with one attached hydrogen (secondary N) is 10. The first-order valence-electron chi connectivity index (χ1n) is 40.9. The Kier molecular flexibility index (Phi) is 36.2. The first-order valence-corrected chi connectivity index (χ1v) is 48.6. The van der Waals surface area contributed by atoms with Crippen LogP contribution in [0.25, 0.3) is 90.9 Å². The quantitative estimate of drug-likeness (QED) is 0.0125. The van der Waals surface area contributed by atoms with Gasteiger partial charge in [0.05, 0.1) is 22.8 Å². The average Bonchev–Trinajstić information content (AvgIpc) is 1.61. The van der Waals surface area contributed by atoms with Crippen molar-refractivity contribution in [1.82, 2.24) is 41.2 Å². The Labute approximate surface area is 686 Å². The lowest BCUT2D eigenvalue weighted by Crippen LogP contribution is -2.46. The van der Waals surface area contributed by atoms with E-state index in [4.69, 9.17) is 63.1 Å². The summed E-state index contributed by atoms with van der Waals surface area (Å²) < 4.78 is 72.6. The molecule has 0 fully saturated rings. The third-order valence-electron chi connectivity index (χ3n) is 18.6. The highest BCUT2D eigenvalue weighted by atomic mass is 28.4. The SMILES string of the molecule is CCO[Si](CCCNC(=O)Nc1ccc(-c2c3nc(c(-c4ccc(NC(=O)NCCC[Si](OCC)(OCC)OCC)cc4)c4ccc([nH]4)c(-c4ccc(NC(=O)NCCC[Si](OCC)(OCC)OCC)cc4)c4nc(c(-c5ccc(NC(=O)NCCC[Si](OCC)(OCC)OCC)cc5)c5ccc2[nH]5)C=C4)C=C3)cc1)(OCC)OCC. The van der Waals surface area contributed by atoms with E-state index in [1.54, 1.807) is 0 Å². The number of hydrogen-bond acceptors (Lipinski definition) is 18. The molecule has 0 spiro atoms. The van der Waals surface area contributed by atoms with Crippen molar-refractivity contribution in [3.8, 4) is 44.5 Å². The predicted molar refractivity (Wildman–Crippen MR) is 469 cm³/mol. The van der Waals surface area contributed by atoms with Crippen LogP contribution in [0.3, 0.4) is 0 Å². The zero-order valence-corrected chi connectivity index (χ0v) is 73.3. The summed E-state index contributed by atoms with van der Waals surface area (Å²) in [4.78, 5) is 72.9. The number of rotatable bonds is 48. The van der Waals surface area contributed by atoms with E-state index in [0.29, 0.717) is 201 Å². The summed E-state index contributed by atoms with van der Waals surface area (Å²) in [6.07, 6.45) is 10.4. The van der Waals surface area contributed by atoms with Crippen molar-refractivity contribution >= 4 is 128 Å². The summed E-state index contributed by atoms with van der Waals surface area (Å²) in [6, 6.07) is 39.4. The van der Waals surface area contributed by atoms with Crippen LogP contribution in [0.1, 0.15) is 132 Å². The molecule has 0 radical (unpaired) electrons. The van der Waals surface area contributed by atoms with Crippen LogP contribution in [0.15, 0.2) is 121 Å². The molecule has 0 unspecified atom stereocenters. The van der Waals surface area contributed by atoms with E-state index in [1.807, 2.05) is 229 Å². The predicted octanol–water partition coefficient (Wildman–Crippen LogP) is 17.6. The second-order valence-corrected chi connectivity index (χ2v) is 37.6. The summed E-state index contributed by atoms with van der Waals surface area (Å²) in [6.45, 7) is 30.1. The van der Waals surface area contributed by atoms with Gasteiger partial charge in [-0.05, 0) is 228 Å². The van der Waals surface area contributed by atoms with Crippen molar-refractivity contribution < 1.29 is 72.3 Å². The summed E-state index contributed by atoms with van der Waals surface area (Å²) in [5.41, 5.74) is 13.9. The third kappa shape index (κ3) is 25.5. The Hall–Kier alpha value is -9.05. The van der Waals surface area contributed by atoms with E-state index >= 15 is 0 Å². The maximum absolute atomic E-state index is 13.6. The van der Waals surface area contributed by atoms with Crippen LogP contribution in [0.5, 0.6) is 0 Å². The molecule has 9 rings (SSSR count). The van der Waals surface area contributed by atoms with Crippen LogP contribution < -0.4 is 42.5 Å². The van der Waals surface area contributed by atoms with E-state index in [2.05, 4.69) is 52.5 Å². The van der Waals surface area contributed by atoms with Crippen molar-refractivity contribution in [3.63, 3.8) is 0 Å². The number of urea groups is 4. The number of aromatic amines is 2. The molecule has 626 valence electrons. The fourth-order valence-corrected chi connectivity index (χ4v) is 24.5. The fourth-order valence-electron chi connectivity index (χ4n) is 14.0. The topological polar surface area (TPSA) is 333 Å². The molecular formula is C84H118N12O16Si4. The molecule has 116 heavy (non-hydrogen) atoms. The molecule has 7 aromatic rings. The fraction of sp³-hybridized carbons (Fsp3) is 0.429. The van der Waals surface area contributed by atoms with Gasteiger partial charge in [0.15, 0.2) is 0 Å². The first kappa shape index (κ1) is 90.9. The lowest BCUT2D eigenvalue weighted by atomic mass is 10.0. The maximum atomic E-state index is 13.6. The van der Waals surface area contributed by atoms with E-state index in [-0.39, 0.29) is 24.1 Å². The molecule has 28 nitrogen and oxygen atoms in total. The Morgan fingerprint density at radius 1 is 0.267 bits per heavy atom. The smallest absolute Gasteiger partial charge is 0.374 e. The Morgan fingerprint density at radius 3 is 0.603 bits per heavy atom. The lowest BCUT2D eigenvalue weighted by Gasteiger charge is -2.28. The summed E-state index contributed by atoms with van der Waals surface area (Å²) in [7, 11) is -11.6. The molecule has 0 saturated carbocycles. The number of amides is 8. The summed E-state index contributed by atoms with van der Waals surface area (Å²) in [5, 5.41) is 24.0. The van der Waals surface area contributed by atoms with E-state index in [1.165, 1.54) is 0 Å². The van der Waals surface area contributed by atoms with Gasteiger partial charge in [0, 0.05) is 197 Å². The first-order chi connectivity index (χ1) is 56.4. The van der Waals surface area contributed by atoms with Gasteiger partial charge in [-0.1, -0.05) is 48.5 Å². The number of carbonyl (C=O) groups is 4. The normalized spacial score (nSPS) is 12.2. The number of aromatic nitrogens is 4. The third-order valence-corrected chi connectivity index (χ3v) is 31.2. The molecule has 8 amide bonds. The van der Waals surface area contributed by atoms with Gasteiger partial charge >= 0.3 is 59.3 Å². The van der Waals surface area contributed by atoms with Crippen molar-refractivity contribution in [2.24, 2.45) is 0 Å². The molecule has 8 bridgehead atoms. The number of fused-ring (bicyclic) bond motifs is 8. The highest BCUT2D eigenvalue weighted by Crippen LogP contribution is 2.40. The Morgan fingerprint density at radius 2 is 0.440 bits per heavy atom. The molecule has 2 aliphatic heterocycles. The van der Waals surface area contributed by atoms with Gasteiger partial charge in [0.25, 0.3) is 0 Å². The Bertz CT molecular complexity index is 3910. The number of hydrogen-bond donors (Lipinski definition) is 10. The van der Waals surface area contributed by atoms with Crippen molar-refractivity contribution in [3.05, 3.63) is 144 Å². The van der Waals surface area contributed by atoms with E-state index in [9.17, 15) is 19.2 Å². The minimum absolute atomic E-state index is 0.368. The van der Waals surface area contributed by atoms with Gasteiger partial charge in [-0.15, -0.1) is 0 Å². The molecule has 0 atom stereocenters. The summed E-state index contributed by atoms with van der Waals surface area (Å²) >= 11 is 0. The van der Waals surface area contributed by atoms with E-state index in [0.717, 1.165) is 66.6 Å². The summed E-state index contributed by atoms with van der Waals surface area (Å²) in [5.74, 6) is 0. The van der Waals surface area contributed by atoms with Gasteiger partial charge in [0.1, 0.15) is 0 Å². The number of anilines is 4. The molecule has 0 aliphatic carbocycles. The van der Waals surface area contributed by atoms with Gasteiger partial charge < -0.3 is 106 Å². The average molecular weight is 1660 g/mol. The molecule has 10 N–H and O–H groups in total. The largest absolute Gasteiger partial charge is 0.500 e. The number of nitrogens with zero attached hydrogens (tertiary/aromatic N) is 2. The van der Waals surface area contributed by atoms with Crippen molar-refractivity contribution in [2.75, 3.05) is 127 Å². The minimum Gasteiger partial charge on any atom is -0.374 e. The monoisotopic (exact) mass is 1660 g/mol. The highest BCUT2D eigenvalue weighted by Gasteiger charge is 2.43. The molecule has 3 aromatic heterocycles. The molecule has 0 saturated heterocycles. The van der Waals surface area contributed by atoms with Crippen LogP contribution in [0.2, 0.25) is 24.2 Å². The molecule has 5 heterocycles. The lowest BCUT2D eigenvalue weighted by molar-refractivity contribution is 0.0701. The molecular weight excluding hydrogens is 1550 g/mol. The van der Waals surface area contributed by atoms with Gasteiger partial charge in [0.2, 0.25) is 0 Å². The number of carbonyl (C=O) groups excluding carboxylic acids is 4. The maximum Gasteiger partial charge on any atom is 0.500 e. The number of benzene rings is 4. The molecule has 2 aliphatic rings. The van der Waals surface area contributed by atoms with Crippen LogP contribution in [0, 0.1) is 0 Å². The zero-order valence-electron chi connectivity index (χ0n) is 69.3.